The van der Waals surface area contributed by atoms with Crippen molar-refractivity contribution in [2.24, 2.45) is 5.73 Å². The van der Waals surface area contributed by atoms with Crippen LogP contribution in [-0.4, -0.2) is 27.7 Å². The molecule has 0 saturated carbocycles. The molecule has 1 atom stereocenters. The molecule has 0 amide bonds. The molecular formula is C18H20N4O. The molecule has 3 rings (SSSR count). The monoisotopic (exact) mass is 308 g/mol. The third-order valence-electron chi connectivity index (χ3n) is 3.67. The Hall–Kier alpha value is -2.66. The van der Waals surface area contributed by atoms with Gasteiger partial charge >= 0.3 is 0 Å². The highest BCUT2D eigenvalue weighted by Gasteiger charge is 2.14. The zero-order chi connectivity index (χ0) is 16.4. The van der Waals surface area contributed by atoms with Gasteiger partial charge in [-0.05, 0) is 37.6 Å². The van der Waals surface area contributed by atoms with E-state index in [0.29, 0.717) is 17.9 Å². The maximum atomic E-state index is 10.2. The van der Waals surface area contributed by atoms with Gasteiger partial charge < -0.3 is 16.2 Å². The lowest BCUT2D eigenvalue weighted by molar-refractivity contribution is 0.476. The molecule has 4 N–H and O–H groups in total. The Labute approximate surface area is 135 Å². The molecular weight excluding hydrogens is 288 g/mol. The number of rotatable bonds is 4. The van der Waals surface area contributed by atoms with Gasteiger partial charge in [-0.1, -0.05) is 24.3 Å². The summed E-state index contributed by atoms with van der Waals surface area (Å²) < 4.78 is 0. The number of aryl methyl sites for hydroxylation is 1. The molecule has 118 valence electrons. The van der Waals surface area contributed by atoms with Crippen LogP contribution in [-0.2, 0) is 0 Å². The molecule has 0 aliphatic heterocycles. The number of phenolic OH excluding ortho intramolecular Hbond substituents is 1. The molecule has 0 aliphatic carbocycles. The van der Waals surface area contributed by atoms with Gasteiger partial charge in [0.05, 0.1) is 11.1 Å². The number of nitrogens with two attached hydrogens (primary N) is 1. The first-order chi connectivity index (χ1) is 11.1. The number of phenols is 1. The molecule has 5 heteroatoms. The summed E-state index contributed by atoms with van der Waals surface area (Å²) in [5.74, 6) is 1.41. The number of anilines is 1. The summed E-state index contributed by atoms with van der Waals surface area (Å²) in [5.41, 5.74) is 8.25. The van der Waals surface area contributed by atoms with Crippen LogP contribution < -0.4 is 11.1 Å². The van der Waals surface area contributed by atoms with Crippen LogP contribution in [0.2, 0.25) is 0 Å². The summed E-state index contributed by atoms with van der Waals surface area (Å²) in [7, 11) is 0. The van der Waals surface area contributed by atoms with Crippen LogP contribution >= 0.6 is 0 Å². The van der Waals surface area contributed by atoms with Gasteiger partial charge in [-0.15, -0.1) is 0 Å². The lowest BCUT2D eigenvalue weighted by Crippen LogP contribution is -2.25. The van der Waals surface area contributed by atoms with Crippen molar-refractivity contribution in [3.05, 3.63) is 48.0 Å². The highest BCUT2D eigenvalue weighted by Crippen LogP contribution is 2.32. The zero-order valence-electron chi connectivity index (χ0n) is 13.2. The summed E-state index contributed by atoms with van der Waals surface area (Å²) in [4.78, 5) is 9.24. The van der Waals surface area contributed by atoms with Crippen molar-refractivity contribution in [1.82, 2.24) is 9.97 Å². The number of aromatic hydroxyl groups is 1. The van der Waals surface area contributed by atoms with E-state index in [9.17, 15) is 5.11 Å². The van der Waals surface area contributed by atoms with E-state index in [1.807, 2.05) is 50.2 Å². The molecule has 0 aliphatic rings. The summed E-state index contributed by atoms with van der Waals surface area (Å²) >= 11 is 0. The molecule has 0 fully saturated rings. The van der Waals surface area contributed by atoms with Gasteiger partial charge in [0, 0.05) is 18.0 Å². The smallest absolute Gasteiger partial charge is 0.166 e. The molecule has 0 bridgehead atoms. The van der Waals surface area contributed by atoms with Gasteiger partial charge in [0.1, 0.15) is 11.6 Å². The second-order valence-corrected chi connectivity index (χ2v) is 5.74. The highest BCUT2D eigenvalue weighted by molar-refractivity contribution is 5.91. The maximum absolute atomic E-state index is 10.2. The molecule has 1 heterocycles. The SMILES string of the molecule is Cc1cccc(O)c1-c1nc(NC[C@@H](C)N)c2ccccc2n1. The van der Waals surface area contributed by atoms with Gasteiger partial charge in [-0.25, -0.2) is 9.97 Å². The third-order valence-corrected chi connectivity index (χ3v) is 3.67. The summed E-state index contributed by atoms with van der Waals surface area (Å²) in [6, 6.07) is 13.2. The molecule has 0 saturated heterocycles. The van der Waals surface area contributed by atoms with Crippen LogP contribution in [0.4, 0.5) is 5.82 Å². The summed E-state index contributed by atoms with van der Waals surface area (Å²) in [6.45, 7) is 4.48. The minimum absolute atomic E-state index is 0.0130. The van der Waals surface area contributed by atoms with Crippen LogP contribution in [0.15, 0.2) is 42.5 Å². The van der Waals surface area contributed by atoms with Crippen molar-refractivity contribution in [3.63, 3.8) is 0 Å². The Balaban J connectivity index is 2.18. The average Bonchev–Trinajstić information content (AvgIpc) is 2.52. The Morgan fingerprint density at radius 3 is 2.65 bits per heavy atom. The average molecular weight is 308 g/mol. The number of fused-ring (bicyclic) bond motifs is 1. The Morgan fingerprint density at radius 2 is 1.91 bits per heavy atom. The van der Waals surface area contributed by atoms with E-state index in [0.717, 1.165) is 22.3 Å². The number of para-hydroxylation sites is 1. The fraction of sp³-hybridized carbons (Fsp3) is 0.222. The first kappa shape index (κ1) is 15.2. The lowest BCUT2D eigenvalue weighted by Gasteiger charge is -2.14. The van der Waals surface area contributed by atoms with E-state index in [1.165, 1.54) is 0 Å². The van der Waals surface area contributed by atoms with Crippen LogP contribution in [0.25, 0.3) is 22.3 Å². The number of benzene rings is 2. The number of aromatic nitrogens is 2. The Kier molecular flexibility index (Phi) is 4.12. The van der Waals surface area contributed by atoms with E-state index in [-0.39, 0.29) is 11.8 Å². The molecule has 0 radical (unpaired) electrons. The van der Waals surface area contributed by atoms with E-state index in [2.05, 4.69) is 15.3 Å². The van der Waals surface area contributed by atoms with E-state index < -0.39 is 0 Å². The van der Waals surface area contributed by atoms with E-state index >= 15 is 0 Å². The third kappa shape index (κ3) is 3.10. The minimum Gasteiger partial charge on any atom is -0.507 e. The quantitative estimate of drug-likeness (QED) is 0.690. The number of nitrogens with zero attached hydrogens (tertiary/aromatic N) is 2. The first-order valence-corrected chi connectivity index (χ1v) is 7.61. The van der Waals surface area contributed by atoms with Gasteiger partial charge in [0.25, 0.3) is 0 Å². The van der Waals surface area contributed by atoms with Gasteiger partial charge in [0.15, 0.2) is 5.82 Å². The number of hydrogen-bond acceptors (Lipinski definition) is 5. The first-order valence-electron chi connectivity index (χ1n) is 7.61. The molecule has 3 aromatic rings. The Morgan fingerprint density at radius 1 is 1.13 bits per heavy atom. The van der Waals surface area contributed by atoms with Crippen molar-refractivity contribution in [3.8, 4) is 17.1 Å². The van der Waals surface area contributed by atoms with Gasteiger partial charge in [-0.2, -0.15) is 0 Å². The lowest BCUT2D eigenvalue weighted by atomic mass is 10.1. The van der Waals surface area contributed by atoms with E-state index in [4.69, 9.17) is 5.73 Å². The van der Waals surface area contributed by atoms with Crippen LogP contribution in [0.5, 0.6) is 5.75 Å². The largest absolute Gasteiger partial charge is 0.507 e. The topological polar surface area (TPSA) is 84.1 Å². The maximum Gasteiger partial charge on any atom is 0.166 e. The van der Waals surface area contributed by atoms with E-state index in [1.54, 1.807) is 6.07 Å². The van der Waals surface area contributed by atoms with Crippen LogP contribution in [0.3, 0.4) is 0 Å². The second kappa shape index (κ2) is 6.22. The second-order valence-electron chi connectivity index (χ2n) is 5.74. The molecule has 23 heavy (non-hydrogen) atoms. The van der Waals surface area contributed by atoms with Crippen molar-refractivity contribution < 1.29 is 5.11 Å². The molecule has 0 spiro atoms. The van der Waals surface area contributed by atoms with Crippen molar-refractivity contribution in [2.75, 3.05) is 11.9 Å². The molecule has 0 unspecified atom stereocenters. The van der Waals surface area contributed by atoms with Crippen molar-refractivity contribution in [2.45, 2.75) is 19.9 Å². The summed E-state index contributed by atoms with van der Waals surface area (Å²) in [6.07, 6.45) is 0. The summed E-state index contributed by atoms with van der Waals surface area (Å²) in [5, 5.41) is 14.4. The fourth-order valence-electron chi connectivity index (χ4n) is 2.52. The standard InChI is InChI=1S/C18H20N4O/c1-11-6-5-9-15(23)16(11)18-21-14-8-4-3-7-13(14)17(22-18)20-10-12(2)19/h3-9,12,23H,10,19H2,1-2H3,(H,20,21,22)/t12-/m1/s1. The normalized spacial score (nSPS) is 12.3. The predicted octanol–water partition coefficient (Wildman–Crippen LogP) is 3.07. The molecule has 2 aromatic carbocycles. The van der Waals surface area contributed by atoms with Crippen LogP contribution in [0.1, 0.15) is 12.5 Å². The number of nitrogens with one attached hydrogen (secondary N) is 1. The number of hydrogen-bond donors (Lipinski definition) is 3. The molecule has 5 nitrogen and oxygen atoms in total. The van der Waals surface area contributed by atoms with Gasteiger partial charge in [-0.3, -0.25) is 0 Å². The predicted molar refractivity (Wildman–Crippen MR) is 93.5 cm³/mol. The highest BCUT2D eigenvalue weighted by atomic mass is 16.3. The zero-order valence-corrected chi connectivity index (χ0v) is 13.2. The minimum atomic E-state index is 0.0130. The fourth-order valence-corrected chi connectivity index (χ4v) is 2.52. The van der Waals surface area contributed by atoms with Crippen molar-refractivity contribution >= 4 is 16.7 Å². The Bertz CT molecular complexity index is 825. The van der Waals surface area contributed by atoms with Crippen LogP contribution in [0, 0.1) is 6.92 Å². The van der Waals surface area contributed by atoms with Crippen molar-refractivity contribution in [1.29, 1.82) is 0 Å². The van der Waals surface area contributed by atoms with Gasteiger partial charge in [0.2, 0.25) is 0 Å². The molecule has 1 aromatic heterocycles.